The van der Waals surface area contributed by atoms with Gasteiger partial charge < -0.3 is 10.5 Å². The summed E-state index contributed by atoms with van der Waals surface area (Å²) in [6.07, 6.45) is 0.139. The number of carbonyl (C=O) groups is 1. The van der Waals surface area contributed by atoms with Crippen LogP contribution in [0, 0.1) is 0 Å². The van der Waals surface area contributed by atoms with Crippen molar-refractivity contribution in [2.24, 2.45) is 5.73 Å². The summed E-state index contributed by atoms with van der Waals surface area (Å²) in [4.78, 5) is 11.0. The molecule has 0 aliphatic rings. The zero-order chi connectivity index (χ0) is 10.6. The van der Waals surface area contributed by atoms with Gasteiger partial charge in [0.25, 0.3) is 0 Å². The second kappa shape index (κ2) is 4.98. The predicted octanol–water partition coefficient (Wildman–Crippen LogP) is 1.90. The first-order valence-electron chi connectivity index (χ1n) is 4.22. The van der Waals surface area contributed by atoms with E-state index in [0.717, 1.165) is 5.56 Å². The van der Waals surface area contributed by atoms with Gasteiger partial charge in [-0.05, 0) is 11.6 Å². The molecule has 76 valence electrons. The summed E-state index contributed by atoms with van der Waals surface area (Å²) < 4.78 is 4.52. The molecular weight excluding hydrogens is 202 g/mol. The second-order valence-electron chi connectivity index (χ2n) is 2.91. The second-order valence-corrected chi connectivity index (χ2v) is 3.32. The van der Waals surface area contributed by atoms with Gasteiger partial charge in [0, 0.05) is 11.1 Å². The summed E-state index contributed by atoms with van der Waals surface area (Å²) in [5, 5.41) is 0.573. The van der Waals surface area contributed by atoms with Gasteiger partial charge in [-0.1, -0.05) is 29.8 Å². The van der Waals surface area contributed by atoms with Crippen molar-refractivity contribution in [3.05, 3.63) is 34.9 Å². The molecule has 3 nitrogen and oxygen atoms in total. The van der Waals surface area contributed by atoms with Crippen LogP contribution in [0.1, 0.15) is 18.0 Å². The maximum absolute atomic E-state index is 11.0. The van der Waals surface area contributed by atoms with Gasteiger partial charge in [-0.15, -0.1) is 0 Å². The van der Waals surface area contributed by atoms with Crippen molar-refractivity contribution in [1.29, 1.82) is 0 Å². The summed E-state index contributed by atoms with van der Waals surface area (Å²) in [5.74, 6) is -0.336. The Labute approximate surface area is 87.8 Å². The molecule has 14 heavy (non-hydrogen) atoms. The van der Waals surface area contributed by atoms with E-state index in [0.29, 0.717) is 5.02 Å². The SMILES string of the molecule is COC(=O)C[C@H](N)c1ccccc1Cl. The van der Waals surface area contributed by atoms with Crippen LogP contribution in [0.5, 0.6) is 0 Å². The lowest BCUT2D eigenvalue weighted by Gasteiger charge is -2.11. The third kappa shape index (κ3) is 2.72. The number of halogens is 1. The molecule has 0 aliphatic heterocycles. The third-order valence-corrected chi connectivity index (χ3v) is 2.26. The van der Waals surface area contributed by atoms with Crippen LogP contribution in [-0.2, 0) is 9.53 Å². The van der Waals surface area contributed by atoms with E-state index in [1.54, 1.807) is 12.1 Å². The predicted molar refractivity (Wildman–Crippen MR) is 55.0 cm³/mol. The highest BCUT2D eigenvalue weighted by molar-refractivity contribution is 6.31. The van der Waals surface area contributed by atoms with Crippen molar-refractivity contribution in [2.75, 3.05) is 7.11 Å². The normalized spacial score (nSPS) is 12.2. The van der Waals surface area contributed by atoms with Gasteiger partial charge in [0.1, 0.15) is 0 Å². The van der Waals surface area contributed by atoms with Gasteiger partial charge >= 0.3 is 5.97 Å². The van der Waals surface area contributed by atoms with E-state index in [4.69, 9.17) is 17.3 Å². The third-order valence-electron chi connectivity index (χ3n) is 1.92. The number of benzene rings is 1. The number of carbonyl (C=O) groups excluding carboxylic acids is 1. The van der Waals surface area contributed by atoms with Crippen LogP contribution in [-0.4, -0.2) is 13.1 Å². The molecule has 0 spiro atoms. The highest BCUT2D eigenvalue weighted by atomic mass is 35.5. The molecule has 0 radical (unpaired) electrons. The van der Waals surface area contributed by atoms with Crippen molar-refractivity contribution in [2.45, 2.75) is 12.5 Å². The maximum Gasteiger partial charge on any atom is 0.307 e. The quantitative estimate of drug-likeness (QED) is 0.781. The topological polar surface area (TPSA) is 52.3 Å². The smallest absolute Gasteiger partial charge is 0.307 e. The number of ether oxygens (including phenoxy) is 1. The zero-order valence-corrected chi connectivity index (χ0v) is 8.62. The van der Waals surface area contributed by atoms with Crippen molar-refractivity contribution < 1.29 is 9.53 Å². The highest BCUT2D eigenvalue weighted by Crippen LogP contribution is 2.23. The summed E-state index contributed by atoms with van der Waals surface area (Å²) in [6, 6.07) is 6.79. The monoisotopic (exact) mass is 213 g/mol. The standard InChI is InChI=1S/C10H12ClNO2/c1-14-10(13)6-9(12)7-4-2-3-5-8(7)11/h2-5,9H,6,12H2,1H3/t9-/m0/s1. The number of methoxy groups -OCH3 is 1. The van der Waals surface area contributed by atoms with E-state index >= 15 is 0 Å². The molecule has 0 aromatic heterocycles. The molecule has 0 aliphatic carbocycles. The Kier molecular flexibility index (Phi) is 3.92. The summed E-state index contributed by atoms with van der Waals surface area (Å²) in [6.45, 7) is 0. The summed E-state index contributed by atoms with van der Waals surface area (Å²) in [7, 11) is 1.33. The van der Waals surface area contributed by atoms with Crippen LogP contribution in [0.3, 0.4) is 0 Å². The Balaban J connectivity index is 2.74. The minimum Gasteiger partial charge on any atom is -0.469 e. The fourth-order valence-electron chi connectivity index (χ4n) is 1.15. The lowest BCUT2D eigenvalue weighted by atomic mass is 10.1. The zero-order valence-electron chi connectivity index (χ0n) is 7.87. The van der Waals surface area contributed by atoms with Gasteiger partial charge in [-0.3, -0.25) is 4.79 Å². The van der Waals surface area contributed by atoms with E-state index in [1.807, 2.05) is 12.1 Å². The van der Waals surface area contributed by atoms with Gasteiger partial charge in [0.15, 0.2) is 0 Å². The van der Waals surface area contributed by atoms with Crippen molar-refractivity contribution in [3.63, 3.8) is 0 Å². The average Bonchev–Trinajstić information content (AvgIpc) is 2.18. The van der Waals surface area contributed by atoms with E-state index < -0.39 is 6.04 Å². The Bertz CT molecular complexity index is 328. The summed E-state index contributed by atoms with van der Waals surface area (Å²) >= 11 is 5.91. The lowest BCUT2D eigenvalue weighted by Crippen LogP contribution is -2.16. The molecule has 0 heterocycles. The molecular formula is C10H12ClNO2. The molecule has 1 aromatic carbocycles. The van der Waals surface area contributed by atoms with Crippen molar-refractivity contribution >= 4 is 17.6 Å². The first-order chi connectivity index (χ1) is 6.65. The van der Waals surface area contributed by atoms with Crippen molar-refractivity contribution in [1.82, 2.24) is 0 Å². The maximum atomic E-state index is 11.0. The van der Waals surface area contributed by atoms with Crippen LogP contribution < -0.4 is 5.73 Å². The van der Waals surface area contributed by atoms with E-state index in [9.17, 15) is 4.79 Å². The fraction of sp³-hybridized carbons (Fsp3) is 0.300. The molecule has 2 N–H and O–H groups in total. The van der Waals surface area contributed by atoms with E-state index in [2.05, 4.69) is 4.74 Å². The molecule has 1 rings (SSSR count). The van der Waals surface area contributed by atoms with Gasteiger partial charge in [0.05, 0.1) is 13.5 Å². The number of hydrogen-bond acceptors (Lipinski definition) is 3. The highest BCUT2D eigenvalue weighted by Gasteiger charge is 2.13. The van der Waals surface area contributed by atoms with E-state index in [-0.39, 0.29) is 12.4 Å². The molecule has 1 atom stereocenters. The summed E-state index contributed by atoms with van der Waals surface area (Å²) in [5.41, 5.74) is 6.55. The Morgan fingerprint density at radius 1 is 1.57 bits per heavy atom. The molecule has 4 heteroatoms. The molecule has 0 amide bonds. The Hall–Kier alpha value is -1.06. The fourth-order valence-corrected chi connectivity index (χ4v) is 1.42. The van der Waals surface area contributed by atoms with Gasteiger partial charge in [-0.25, -0.2) is 0 Å². The van der Waals surface area contributed by atoms with Crippen LogP contribution >= 0.6 is 11.6 Å². The van der Waals surface area contributed by atoms with E-state index in [1.165, 1.54) is 7.11 Å². The lowest BCUT2D eigenvalue weighted by molar-refractivity contribution is -0.141. The molecule has 0 fully saturated rings. The molecule has 0 saturated carbocycles. The van der Waals surface area contributed by atoms with Gasteiger partial charge in [-0.2, -0.15) is 0 Å². The number of hydrogen-bond donors (Lipinski definition) is 1. The minimum atomic E-state index is -0.406. The molecule has 0 bridgehead atoms. The van der Waals surface area contributed by atoms with Crippen LogP contribution in [0.4, 0.5) is 0 Å². The first kappa shape index (κ1) is 11.0. The molecule has 0 unspecified atom stereocenters. The number of nitrogens with two attached hydrogens (primary N) is 1. The first-order valence-corrected chi connectivity index (χ1v) is 4.59. The van der Waals surface area contributed by atoms with Crippen LogP contribution in [0.15, 0.2) is 24.3 Å². The van der Waals surface area contributed by atoms with Gasteiger partial charge in [0.2, 0.25) is 0 Å². The Morgan fingerprint density at radius 2 is 2.21 bits per heavy atom. The Morgan fingerprint density at radius 3 is 2.79 bits per heavy atom. The average molecular weight is 214 g/mol. The van der Waals surface area contributed by atoms with Crippen LogP contribution in [0.2, 0.25) is 5.02 Å². The van der Waals surface area contributed by atoms with Crippen molar-refractivity contribution in [3.8, 4) is 0 Å². The number of esters is 1. The van der Waals surface area contributed by atoms with Crippen LogP contribution in [0.25, 0.3) is 0 Å². The minimum absolute atomic E-state index is 0.139. The largest absolute Gasteiger partial charge is 0.469 e. The molecule has 1 aromatic rings. The number of rotatable bonds is 3. The molecule has 0 saturated heterocycles.